The molecule has 1 N–H and O–H groups in total. The Morgan fingerprint density at radius 3 is 2.65 bits per heavy atom. The van der Waals surface area contributed by atoms with E-state index in [0.717, 1.165) is 35.2 Å². The Labute approximate surface area is 111 Å². The second-order valence-electron chi connectivity index (χ2n) is 4.01. The van der Waals surface area contributed by atoms with Crippen molar-refractivity contribution in [2.45, 2.75) is 20.3 Å². The summed E-state index contributed by atoms with van der Waals surface area (Å²) in [6, 6.07) is 5.60. The van der Waals surface area contributed by atoms with Crippen molar-refractivity contribution < 1.29 is 0 Å². The number of hydrogen-bond donors (Lipinski definition) is 1. The van der Waals surface area contributed by atoms with Crippen molar-refractivity contribution in [3.05, 3.63) is 33.8 Å². The molecule has 1 aromatic carbocycles. The summed E-state index contributed by atoms with van der Waals surface area (Å²) in [5.41, 5.74) is 1.83. The van der Waals surface area contributed by atoms with Gasteiger partial charge in [0.25, 0.3) is 0 Å². The predicted octanol–water partition coefficient (Wildman–Crippen LogP) is 4.67. The molecule has 4 heteroatoms. The minimum Gasteiger partial charge on any atom is -0.370 e. The van der Waals surface area contributed by atoms with Gasteiger partial charge < -0.3 is 5.32 Å². The van der Waals surface area contributed by atoms with Crippen molar-refractivity contribution in [1.82, 2.24) is 4.98 Å². The molecule has 0 radical (unpaired) electrons. The number of nitrogens with zero attached hydrogens (tertiary/aromatic N) is 1. The van der Waals surface area contributed by atoms with E-state index < -0.39 is 0 Å². The lowest BCUT2D eigenvalue weighted by Crippen LogP contribution is -2.04. The quantitative estimate of drug-likeness (QED) is 0.875. The summed E-state index contributed by atoms with van der Waals surface area (Å²) in [7, 11) is 0. The van der Waals surface area contributed by atoms with Crippen molar-refractivity contribution in [3.8, 4) is 0 Å². The van der Waals surface area contributed by atoms with E-state index >= 15 is 0 Å². The fourth-order valence-corrected chi connectivity index (χ4v) is 2.13. The van der Waals surface area contributed by atoms with Crippen molar-refractivity contribution in [2.75, 3.05) is 11.9 Å². The van der Waals surface area contributed by atoms with Crippen LogP contribution in [0, 0.1) is 6.92 Å². The Morgan fingerprint density at radius 2 is 1.94 bits per heavy atom. The highest BCUT2D eigenvalue weighted by molar-refractivity contribution is 6.39. The van der Waals surface area contributed by atoms with Crippen LogP contribution in [0.4, 0.5) is 5.82 Å². The molecule has 0 aliphatic rings. The van der Waals surface area contributed by atoms with Gasteiger partial charge >= 0.3 is 0 Å². The van der Waals surface area contributed by atoms with Gasteiger partial charge in [-0.1, -0.05) is 30.1 Å². The second kappa shape index (κ2) is 5.11. The lowest BCUT2D eigenvalue weighted by Gasteiger charge is -2.10. The molecule has 2 aromatic rings. The van der Waals surface area contributed by atoms with Crippen LogP contribution in [0.2, 0.25) is 10.0 Å². The number of aromatic nitrogens is 1. The highest BCUT2D eigenvalue weighted by Crippen LogP contribution is 2.31. The molecule has 0 aliphatic carbocycles. The minimum absolute atomic E-state index is 0.629. The third-order valence-electron chi connectivity index (χ3n) is 2.62. The van der Waals surface area contributed by atoms with Gasteiger partial charge in [-0.05, 0) is 37.1 Å². The van der Waals surface area contributed by atoms with E-state index in [1.165, 1.54) is 0 Å². The zero-order valence-corrected chi connectivity index (χ0v) is 11.4. The number of halogens is 2. The van der Waals surface area contributed by atoms with Crippen LogP contribution in [0.1, 0.15) is 18.9 Å². The number of fused-ring (bicyclic) bond motifs is 1. The number of anilines is 1. The molecular weight excluding hydrogens is 255 g/mol. The molecule has 0 fully saturated rings. The van der Waals surface area contributed by atoms with Gasteiger partial charge in [0, 0.05) is 11.9 Å². The van der Waals surface area contributed by atoms with Crippen molar-refractivity contribution in [1.29, 1.82) is 0 Å². The summed E-state index contributed by atoms with van der Waals surface area (Å²) >= 11 is 12.3. The van der Waals surface area contributed by atoms with Crippen LogP contribution in [0.25, 0.3) is 10.9 Å². The zero-order chi connectivity index (χ0) is 12.4. The van der Waals surface area contributed by atoms with Gasteiger partial charge in [-0.3, -0.25) is 0 Å². The SMILES string of the molecule is CCCNc1nc2c(Cl)ccc(Cl)c2cc1C. The van der Waals surface area contributed by atoms with E-state index in [-0.39, 0.29) is 0 Å². The van der Waals surface area contributed by atoms with E-state index in [9.17, 15) is 0 Å². The van der Waals surface area contributed by atoms with Crippen LogP contribution in [-0.2, 0) is 0 Å². The number of aryl methyl sites for hydroxylation is 1. The van der Waals surface area contributed by atoms with Gasteiger partial charge in [0.15, 0.2) is 0 Å². The van der Waals surface area contributed by atoms with Crippen LogP contribution >= 0.6 is 23.2 Å². The molecule has 0 spiro atoms. The van der Waals surface area contributed by atoms with Gasteiger partial charge in [-0.2, -0.15) is 0 Å². The highest BCUT2D eigenvalue weighted by Gasteiger charge is 2.08. The maximum Gasteiger partial charge on any atom is 0.129 e. The first-order valence-corrected chi connectivity index (χ1v) is 6.38. The summed E-state index contributed by atoms with van der Waals surface area (Å²) in [4.78, 5) is 4.55. The molecule has 1 heterocycles. The van der Waals surface area contributed by atoms with E-state index in [4.69, 9.17) is 23.2 Å². The van der Waals surface area contributed by atoms with Crippen LogP contribution in [-0.4, -0.2) is 11.5 Å². The van der Waals surface area contributed by atoms with Crippen molar-refractivity contribution >= 4 is 39.9 Å². The smallest absolute Gasteiger partial charge is 0.129 e. The Balaban J connectivity index is 2.59. The van der Waals surface area contributed by atoms with Gasteiger partial charge in [0.05, 0.1) is 15.6 Å². The monoisotopic (exact) mass is 268 g/mol. The topological polar surface area (TPSA) is 24.9 Å². The Hall–Kier alpha value is -0.990. The summed E-state index contributed by atoms with van der Waals surface area (Å²) in [5.74, 6) is 0.878. The maximum atomic E-state index is 6.14. The lowest BCUT2D eigenvalue weighted by atomic mass is 10.1. The molecule has 0 atom stereocenters. The first kappa shape index (κ1) is 12.5. The number of nitrogens with one attached hydrogen (secondary N) is 1. The molecule has 0 saturated heterocycles. The summed E-state index contributed by atoms with van der Waals surface area (Å²) in [6.45, 7) is 5.03. The van der Waals surface area contributed by atoms with E-state index in [0.29, 0.717) is 10.0 Å². The average molecular weight is 269 g/mol. The summed E-state index contributed by atoms with van der Waals surface area (Å²) in [6.07, 6.45) is 1.06. The number of pyridine rings is 1. The third-order valence-corrected chi connectivity index (χ3v) is 3.25. The fraction of sp³-hybridized carbons (Fsp3) is 0.308. The van der Waals surface area contributed by atoms with Gasteiger partial charge in [0.2, 0.25) is 0 Å². The molecule has 90 valence electrons. The molecule has 0 bridgehead atoms. The molecule has 0 unspecified atom stereocenters. The lowest BCUT2D eigenvalue weighted by molar-refractivity contribution is 0.968. The van der Waals surface area contributed by atoms with E-state index in [1.807, 2.05) is 13.0 Å². The van der Waals surface area contributed by atoms with Gasteiger partial charge in [-0.25, -0.2) is 4.98 Å². The molecule has 1 aromatic heterocycles. The summed E-state index contributed by atoms with van der Waals surface area (Å²) < 4.78 is 0. The van der Waals surface area contributed by atoms with Crippen LogP contribution in [0.5, 0.6) is 0 Å². The number of rotatable bonds is 3. The van der Waals surface area contributed by atoms with Crippen LogP contribution in [0.15, 0.2) is 18.2 Å². The molecular formula is C13H14Cl2N2. The highest BCUT2D eigenvalue weighted by atomic mass is 35.5. The average Bonchev–Trinajstić information content (AvgIpc) is 2.32. The first-order chi connectivity index (χ1) is 8.13. The zero-order valence-electron chi connectivity index (χ0n) is 9.85. The van der Waals surface area contributed by atoms with Gasteiger partial charge in [-0.15, -0.1) is 0 Å². The fourth-order valence-electron chi connectivity index (χ4n) is 1.71. The molecule has 0 aliphatic heterocycles. The Bertz CT molecular complexity index is 553. The summed E-state index contributed by atoms with van der Waals surface area (Å²) in [5, 5.41) is 5.50. The van der Waals surface area contributed by atoms with Crippen molar-refractivity contribution in [3.63, 3.8) is 0 Å². The second-order valence-corrected chi connectivity index (χ2v) is 4.82. The largest absolute Gasteiger partial charge is 0.370 e. The Kier molecular flexibility index (Phi) is 3.75. The molecule has 17 heavy (non-hydrogen) atoms. The van der Waals surface area contributed by atoms with Crippen LogP contribution < -0.4 is 5.32 Å². The normalized spacial score (nSPS) is 10.8. The van der Waals surface area contributed by atoms with Crippen molar-refractivity contribution in [2.24, 2.45) is 0 Å². The van der Waals surface area contributed by atoms with Crippen LogP contribution in [0.3, 0.4) is 0 Å². The third kappa shape index (κ3) is 2.48. The predicted molar refractivity (Wildman–Crippen MR) is 75.3 cm³/mol. The first-order valence-electron chi connectivity index (χ1n) is 5.62. The molecule has 2 rings (SSSR count). The van der Waals surface area contributed by atoms with Gasteiger partial charge in [0.1, 0.15) is 5.82 Å². The standard InChI is InChI=1S/C13H14Cl2N2/c1-3-6-16-13-8(2)7-9-10(14)4-5-11(15)12(9)17-13/h4-5,7H,3,6H2,1-2H3,(H,16,17). The number of benzene rings is 1. The Morgan fingerprint density at radius 1 is 1.24 bits per heavy atom. The maximum absolute atomic E-state index is 6.14. The van der Waals surface area contributed by atoms with E-state index in [1.54, 1.807) is 12.1 Å². The molecule has 2 nitrogen and oxygen atoms in total. The minimum atomic E-state index is 0.629. The van der Waals surface area contributed by atoms with E-state index in [2.05, 4.69) is 17.2 Å². The molecule has 0 amide bonds. The number of hydrogen-bond acceptors (Lipinski definition) is 2. The molecule has 0 saturated carbocycles.